The molecule has 0 spiro atoms. The van der Waals surface area contributed by atoms with E-state index in [0.29, 0.717) is 6.04 Å². The molecule has 0 aromatic carbocycles. The number of hydrogen-bond acceptors (Lipinski definition) is 3. The van der Waals surface area contributed by atoms with Gasteiger partial charge in [0.1, 0.15) is 0 Å². The molecule has 3 heterocycles. The van der Waals surface area contributed by atoms with E-state index in [1.807, 2.05) is 17.4 Å². The molecule has 1 N–H and O–H groups in total. The SMILES string of the molecule is Clc1ccc(C2NCCc3ccsc32)s1. The third kappa shape index (κ3) is 1.74. The van der Waals surface area contributed by atoms with Crippen LogP contribution in [-0.4, -0.2) is 6.54 Å². The van der Waals surface area contributed by atoms with E-state index in [1.54, 1.807) is 11.3 Å². The highest BCUT2D eigenvalue weighted by Crippen LogP contribution is 2.36. The van der Waals surface area contributed by atoms with Gasteiger partial charge in [0, 0.05) is 16.3 Å². The van der Waals surface area contributed by atoms with Crippen LogP contribution >= 0.6 is 34.3 Å². The topological polar surface area (TPSA) is 12.0 Å². The lowest BCUT2D eigenvalue weighted by Gasteiger charge is -2.22. The highest BCUT2D eigenvalue weighted by atomic mass is 35.5. The summed E-state index contributed by atoms with van der Waals surface area (Å²) in [5, 5.41) is 5.73. The van der Waals surface area contributed by atoms with Crippen LogP contribution in [0.3, 0.4) is 0 Å². The zero-order chi connectivity index (χ0) is 10.3. The Hall–Kier alpha value is -0.350. The van der Waals surface area contributed by atoms with Crippen LogP contribution in [-0.2, 0) is 6.42 Å². The van der Waals surface area contributed by atoms with Crippen molar-refractivity contribution >= 4 is 34.3 Å². The van der Waals surface area contributed by atoms with Gasteiger partial charge in [0.2, 0.25) is 0 Å². The molecule has 0 bridgehead atoms. The molecule has 3 rings (SSSR count). The molecule has 4 heteroatoms. The largest absolute Gasteiger partial charge is 0.305 e. The van der Waals surface area contributed by atoms with E-state index in [4.69, 9.17) is 11.6 Å². The van der Waals surface area contributed by atoms with Gasteiger partial charge in [-0.15, -0.1) is 22.7 Å². The molecule has 1 atom stereocenters. The normalized spacial score (nSPS) is 20.2. The van der Waals surface area contributed by atoms with Gasteiger partial charge in [-0.3, -0.25) is 0 Å². The van der Waals surface area contributed by atoms with Crippen LogP contribution < -0.4 is 5.32 Å². The smallest absolute Gasteiger partial charge is 0.0931 e. The van der Waals surface area contributed by atoms with Crippen molar-refractivity contribution in [2.75, 3.05) is 6.54 Å². The fourth-order valence-corrected chi connectivity index (χ4v) is 4.23. The van der Waals surface area contributed by atoms with Gasteiger partial charge >= 0.3 is 0 Å². The first kappa shape index (κ1) is 9.85. The van der Waals surface area contributed by atoms with Crippen LogP contribution in [0.25, 0.3) is 0 Å². The van der Waals surface area contributed by atoms with Crippen molar-refractivity contribution in [2.45, 2.75) is 12.5 Å². The fraction of sp³-hybridized carbons (Fsp3) is 0.273. The van der Waals surface area contributed by atoms with Crippen LogP contribution in [0.5, 0.6) is 0 Å². The van der Waals surface area contributed by atoms with Crippen LogP contribution in [0.1, 0.15) is 21.4 Å². The minimum Gasteiger partial charge on any atom is -0.305 e. The van der Waals surface area contributed by atoms with E-state index < -0.39 is 0 Å². The van der Waals surface area contributed by atoms with Crippen LogP contribution in [0.2, 0.25) is 4.34 Å². The Morgan fingerprint density at radius 3 is 3.07 bits per heavy atom. The lowest BCUT2D eigenvalue weighted by atomic mass is 10.0. The van der Waals surface area contributed by atoms with E-state index in [-0.39, 0.29) is 0 Å². The molecule has 0 fully saturated rings. The molecule has 0 aliphatic carbocycles. The van der Waals surface area contributed by atoms with Crippen molar-refractivity contribution < 1.29 is 0 Å². The molecule has 2 aromatic rings. The Morgan fingerprint density at radius 1 is 1.33 bits per heavy atom. The Labute approximate surface area is 102 Å². The van der Waals surface area contributed by atoms with Gasteiger partial charge in [-0.25, -0.2) is 0 Å². The van der Waals surface area contributed by atoms with Crippen molar-refractivity contribution in [3.05, 3.63) is 43.2 Å². The van der Waals surface area contributed by atoms with Crippen molar-refractivity contribution in [3.8, 4) is 0 Å². The summed E-state index contributed by atoms with van der Waals surface area (Å²) in [4.78, 5) is 2.78. The van der Waals surface area contributed by atoms with Gasteiger partial charge < -0.3 is 5.32 Å². The van der Waals surface area contributed by atoms with Crippen LogP contribution in [0, 0.1) is 0 Å². The molecular weight excluding hydrogens is 246 g/mol. The summed E-state index contributed by atoms with van der Waals surface area (Å²) >= 11 is 9.48. The van der Waals surface area contributed by atoms with E-state index in [1.165, 1.54) is 15.3 Å². The Balaban J connectivity index is 2.02. The first-order chi connectivity index (χ1) is 7.34. The Kier molecular flexibility index (Phi) is 2.56. The van der Waals surface area contributed by atoms with E-state index >= 15 is 0 Å². The standard InChI is InChI=1S/C11H10ClNS2/c12-9-2-1-8(15-9)10-11-7(3-5-13-10)4-6-14-11/h1-2,4,6,10,13H,3,5H2. The first-order valence-corrected chi connectivity index (χ1v) is 6.97. The predicted molar refractivity (Wildman–Crippen MR) is 67.2 cm³/mol. The highest BCUT2D eigenvalue weighted by molar-refractivity contribution is 7.16. The quantitative estimate of drug-likeness (QED) is 0.819. The molecule has 1 nitrogen and oxygen atoms in total. The van der Waals surface area contributed by atoms with E-state index in [2.05, 4.69) is 22.8 Å². The second-order valence-corrected chi connectivity index (χ2v) is 6.28. The lowest BCUT2D eigenvalue weighted by molar-refractivity contribution is 0.585. The lowest BCUT2D eigenvalue weighted by Crippen LogP contribution is -2.28. The summed E-state index contributed by atoms with van der Waals surface area (Å²) in [7, 11) is 0. The second-order valence-electron chi connectivity index (χ2n) is 3.59. The molecule has 0 amide bonds. The minimum atomic E-state index is 0.367. The van der Waals surface area contributed by atoms with Crippen LogP contribution in [0.15, 0.2) is 23.6 Å². The van der Waals surface area contributed by atoms with Gasteiger partial charge in [0.15, 0.2) is 0 Å². The van der Waals surface area contributed by atoms with Gasteiger partial charge in [-0.1, -0.05) is 11.6 Å². The fourth-order valence-electron chi connectivity index (χ4n) is 1.96. The molecule has 2 aromatic heterocycles. The maximum absolute atomic E-state index is 5.97. The molecule has 78 valence electrons. The maximum Gasteiger partial charge on any atom is 0.0931 e. The van der Waals surface area contributed by atoms with Crippen molar-refractivity contribution in [3.63, 3.8) is 0 Å². The van der Waals surface area contributed by atoms with Gasteiger partial charge in [-0.2, -0.15) is 0 Å². The van der Waals surface area contributed by atoms with Gasteiger partial charge in [0.25, 0.3) is 0 Å². The number of halogens is 1. The number of hydrogen-bond donors (Lipinski definition) is 1. The number of thiophene rings is 2. The van der Waals surface area contributed by atoms with Crippen molar-refractivity contribution in [2.24, 2.45) is 0 Å². The Morgan fingerprint density at radius 2 is 2.27 bits per heavy atom. The minimum absolute atomic E-state index is 0.367. The molecule has 1 aliphatic heterocycles. The average Bonchev–Trinajstić information content (AvgIpc) is 2.84. The average molecular weight is 256 g/mol. The summed E-state index contributed by atoms with van der Waals surface area (Å²) in [5.41, 5.74) is 1.49. The summed E-state index contributed by atoms with van der Waals surface area (Å²) in [6.07, 6.45) is 1.15. The van der Waals surface area contributed by atoms with E-state index in [0.717, 1.165) is 17.3 Å². The maximum atomic E-state index is 5.97. The van der Waals surface area contributed by atoms with Crippen molar-refractivity contribution in [1.29, 1.82) is 0 Å². The third-order valence-electron chi connectivity index (χ3n) is 2.66. The summed E-state index contributed by atoms with van der Waals surface area (Å²) in [6.45, 7) is 1.06. The molecule has 0 saturated carbocycles. The Bertz CT molecular complexity index is 474. The predicted octanol–water partition coefficient (Wildman–Crippen LogP) is 3.70. The third-order valence-corrected chi connectivity index (χ3v) is 4.98. The van der Waals surface area contributed by atoms with Gasteiger partial charge in [-0.05, 0) is 35.6 Å². The molecule has 0 saturated heterocycles. The first-order valence-electron chi connectivity index (χ1n) is 4.89. The van der Waals surface area contributed by atoms with Crippen LogP contribution in [0.4, 0.5) is 0 Å². The summed E-state index contributed by atoms with van der Waals surface area (Å²) < 4.78 is 0.871. The second kappa shape index (κ2) is 3.91. The zero-order valence-electron chi connectivity index (χ0n) is 8.00. The summed E-state index contributed by atoms with van der Waals surface area (Å²) in [5.74, 6) is 0. The molecule has 1 aliphatic rings. The molecule has 1 unspecified atom stereocenters. The highest BCUT2D eigenvalue weighted by Gasteiger charge is 2.23. The van der Waals surface area contributed by atoms with Crippen molar-refractivity contribution in [1.82, 2.24) is 5.32 Å². The zero-order valence-corrected chi connectivity index (χ0v) is 10.4. The molecule has 0 radical (unpaired) electrons. The van der Waals surface area contributed by atoms with Gasteiger partial charge in [0.05, 0.1) is 10.4 Å². The number of nitrogens with one attached hydrogen (secondary N) is 1. The number of rotatable bonds is 1. The molecule has 15 heavy (non-hydrogen) atoms. The van der Waals surface area contributed by atoms with E-state index in [9.17, 15) is 0 Å². The number of fused-ring (bicyclic) bond motifs is 1. The molecular formula is C11H10ClNS2. The summed E-state index contributed by atoms with van der Waals surface area (Å²) in [6, 6.07) is 6.71. The monoisotopic (exact) mass is 255 g/mol.